The zero-order chi connectivity index (χ0) is 13.0. The molecule has 1 heterocycles. The van der Waals surface area contributed by atoms with Crippen LogP contribution in [-0.2, 0) is 13.1 Å². The first-order valence-electron chi connectivity index (χ1n) is 6.12. The van der Waals surface area contributed by atoms with E-state index in [-0.39, 0.29) is 0 Å². The van der Waals surface area contributed by atoms with E-state index in [0.29, 0.717) is 6.54 Å². The van der Waals surface area contributed by atoms with E-state index in [1.165, 1.54) is 5.69 Å². The molecule has 0 radical (unpaired) electrons. The maximum Gasteiger partial charge on any atom is 0.0600 e. The molecule has 1 aromatic heterocycles. The van der Waals surface area contributed by atoms with Crippen LogP contribution in [0.4, 0.5) is 5.69 Å². The maximum atomic E-state index is 5.76. The van der Waals surface area contributed by atoms with Crippen molar-refractivity contribution in [1.29, 1.82) is 0 Å². The van der Waals surface area contributed by atoms with Crippen molar-refractivity contribution in [3.8, 4) is 0 Å². The van der Waals surface area contributed by atoms with Crippen molar-refractivity contribution in [2.45, 2.75) is 20.0 Å². The number of nitrogens with two attached hydrogens (primary N) is 1. The number of rotatable bonds is 4. The molecule has 0 bridgehead atoms. The molecule has 0 unspecified atom stereocenters. The molecular formula is C15H19N3. The fourth-order valence-corrected chi connectivity index (χ4v) is 2.07. The second kappa shape index (κ2) is 5.65. The molecule has 2 rings (SSSR count). The molecule has 0 aliphatic carbocycles. The van der Waals surface area contributed by atoms with E-state index in [4.69, 9.17) is 5.73 Å². The Hall–Kier alpha value is -1.87. The molecule has 1 aromatic carbocycles. The van der Waals surface area contributed by atoms with Crippen LogP contribution in [0.1, 0.15) is 17.0 Å². The van der Waals surface area contributed by atoms with Gasteiger partial charge in [-0.15, -0.1) is 0 Å². The third-order valence-corrected chi connectivity index (χ3v) is 2.97. The third kappa shape index (κ3) is 2.87. The summed E-state index contributed by atoms with van der Waals surface area (Å²) in [4.78, 5) is 6.71. The van der Waals surface area contributed by atoms with Crippen LogP contribution < -0.4 is 10.6 Å². The zero-order valence-corrected chi connectivity index (χ0v) is 10.9. The monoisotopic (exact) mass is 241 g/mol. The number of anilines is 1. The predicted octanol–water partition coefficient (Wildman–Crippen LogP) is 2.49. The lowest BCUT2D eigenvalue weighted by molar-refractivity contribution is 0.865. The van der Waals surface area contributed by atoms with Crippen LogP contribution >= 0.6 is 0 Å². The zero-order valence-electron chi connectivity index (χ0n) is 10.9. The van der Waals surface area contributed by atoms with Crippen molar-refractivity contribution in [3.05, 3.63) is 59.4 Å². The van der Waals surface area contributed by atoms with Crippen LogP contribution in [0.2, 0.25) is 0 Å². The van der Waals surface area contributed by atoms with Gasteiger partial charge in [-0.05, 0) is 30.7 Å². The SMILES string of the molecule is Cc1cccc(CN(C)c2ccccc2CN)n1. The minimum absolute atomic E-state index is 0.557. The van der Waals surface area contributed by atoms with E-state index in [1.54, 1.807) is 0 Å². The Balaban J connectivity index is 2.19. The molecule has 0 atom stereocenters. The largest absolute Gasteiger partial charge is 0.368 e. The Morgan fingerprint density at radius 3 is 2.61 bits per heavy atom. The van der Waals surface area contributed by atoms with Gasteiger partial charge in [-0.2, -0.15) is 0 Å². The quantitative estimate of drug-likeness (QED) is 0.894. The average Bonchev–Trinajstić information content (AvgIpc) is 2.38. The lowest BCUT2D eigenvalue weighted by atomic mass is 10.1. The van der Waals surface area contributed by atoms with Crippen LogP contribution in [0.3, 0.4) is 0 Å². The molecule has 3 heteroatoms. The van der Waals surface area contributed by atoms with Crippen LogP contribution in [0, 0.1) is 6.92 Å². The minimum atomic E-state index is 0.557. The Morgan fingerprint density at radius 1 is 1.11 bits per heavy atom. The first-order valence-corrected chi connectivity index (χ1v) is 6.12. The molecule has 0 spiro atoms. The summed E-state index contributed by atoms with van der Waals surface area (Å²) in [6.07, 6.45) is 0. The predicted molar refractivity (Wildman–Crippen MR) is 75.4 cm³/mol. The molecular weight excluding hydrogens is 222 g/mol. The van der Waals surface area contributed by atoms with E-state index in [1.807, 2.05) is 31.2 Å². The van der Waals surface area contributed by atoms with E-state index in [2.05, 4.69) is 35.1 Å². The summed E-state index contributed by atoms with van der Waals surface area (Å²) < 4.78 is 0. The van der Waals surface area contributed by atoms with Gasteiger partial charge in [-0.3, -0.25) is 4.98 Å². The fourth-order valence-electron chi connectivity index (χ4n) is 2.07. The van der Waals surface area contributed by atoms with Crippen LogP contribution in [-0.4, -0.2) is 12.0 Å². The first-order chi connectivity index (χ1) is 8.70. The number of para-hydroxylation sites is 1. The summed E-state index contributed by atoms with van der Waals surface area (Å²) in [5, 5.41) is 0. The molecule has 2 aromatic rings. The average molecular weight is 241 g/mol. The maximum absolute atomic E-state index is 5.76. The molecule has 2 N–H and O–H groups in total. The van der Waals surface area contributed by atoms with Gasteiger partial charge < -0.3 is 10.6 Å². The Morgan fingerprint density at radius 2 is 1.89 bits per heavy atom. The van der Waals surface area contributed by atoms with Crippen molar-refractivity contribution < 1.29 is 0 Å². The number of aryl methyl sites for hydroxylation is 1. The van der Waals surface area contributed by atoms with Gasteiger partial charge in [0.2, 0.25) is 0 Å². The normalized spacial score (nSPS) is 10.4. The van der Waals surface area contributed by atoms with Crippen LogP contribution in [0.5, 0.6) is 0 Å². The number of nitrogens with zero attached hydrogens (tertiary/aromatic N) is 2. The molecule has 0 aliphatic rings. The minimum Gasteiger partial charge on any atom is -0.368 e. The number of pyridine rings is 1. The van der Waals surface area contributed by atoms with Gasteiger partial charge in [0.1, 0.15) is 0 Å². The lowest BCUT2D eigenvalue weighted by Gasteiger charge is -2.21. The van der Waals surface area contributed by atoms with Crippen molar-refractivity contribution in [2.75, 3.05) is 11.9 Å². The fraction of sp³-hybridized carbons (Fsp3) is 0.267. The van der Waals surface area contributed by atoms with Crippen molar-refractivity contribution in [2.24, 2.45) is 5.73 Å². The molecule has 18 heavy (non-hydrogen) atoms. The summed E-state index contributed by atoms with van der Waals surface area (Å²) >= 11 is 0. The Bertz CT molecular complexity index is 523. The standard InChI is InChI=1S/C15H19N3/c1-12-6-5-8-14(17-12)11-18(2)15-9-4-3-7-13(15)10-16/h3-9H,10-11,16H2,1-2H3. The van der Waals surface area contributed by atoms with Gasteiger partial charge >= 0.3 is 0 Å². The molecule has 0 amide bonds. The summed E-state index contributed by atoms with van der Waals surface area (Å²) in [7, 11) is 2.07. The summed E-state index contributed by atoms with van der Waals surface area (Å²) in [5.74, 6) is 0. The van der Waals surface area contributed by atoms with Gasteiger partial charge in [0.25, 0.3) is 0 Å². The molecule has 0 saturated carbocycles. The van der Waals surface area contributed by atoms with Gasteiger partial charge in [-0.25, -0.2) is 0 Å². The lowest BCUT2D eigenvalue weighted by Crippen LogP contribution is -2.19. The summed E-state index contributed by atoms with van der Waals surface area (Å²) in [6, 6.07) is 14.3. The van der Waals surface area contributed by atoms with Gasteiger partial charge in [0, 0.05) is 25.0 Å². The molecule has 3 nitrogen and oxygen atoms in total. The van der Waals surface area contributed by atoms with Gasteiger partial charge in [0.05, 0.1) is 12.2 Å². The molecule has 94 valence electrons. The summed E-state index contributed by atoms with van der Waals surface area (Å²) in [6.45, 7) is 3.36. The highest BCUT2D eigenvalue weighted by atomic mass is 15.1. The van der Waals surface area contributed by atoms with E-state index in [9.17, 15) is 0 Å². The number of aromatic nitrogens is 1. The Labute approximate surface area is 108 Å². The second-order valence-corrected chi connectivity index (χ2v) is 4.46. The Kier molecular flexibility index (Phi) is 3.95. The number of benzene rings is 1. The van der Waals surface area contributed by atoms with E-state index < -0.39 is 0 Å². The molecule has 0 aliphatic heterocycles. The smallest absolute Gasteiger partial charge is 0.0600 e. The highest BCUT2D eigenvalue weighted by Crippen LogP contribution is 2.20. The van der Waals surface area contributed by atoms with Crippen molar-refractivity contribution in [1.82, 2.24) is 4.98 Å². The van der Waals surface area contributed by atoms with Crippen LogP contribution in [0.25, 0.3) is 0 Å². The molecule has 0 saturated heterocycles. The van der Waals surface area contributed by atoms with Crippen LogP contribution in [0.15, 0.2) is 42.5 Å². The second-order valence-electron chi connectivity index (χ2n) is 4.46. The van der Waals surface area contributed by atoms with E-state index in [0.717, 1.165) is 23.5 Å². The van der Waals surface area contributed by atoms with E-state index >= 15 is 0 Å². The number of hydrogen-bond donors (Lipinski definition) is 1. The first kappa shape index (κ1) is 12.6. The number of hydrogen-bond acceptors (Lipinski definition) is 3. The molecule has 0 fully saturated rings. The highest BCUT2D eigenvalue weighted by molar-refractivity contribution is 5.53. The van der Waals surface area contributed by atoms with Crippen molar-refractivity contribution >= 4 is 5.69 Å². The summed E-state index contributed by atoms with van der Waals surface area (Å²) in [5.41, 5.74) is 10.2. The van der Waals surface area contributed by atoms with Gasteiger partial charge in [-0.1, -0.05) is 24.3 Å². The highest BCUT2D eigenvalue weighted by Gasteiger charge is 2.07. The topological polar surface area (TPSA) is 42.1 Å². The third-order valence-electron chi connectivity index (χ3n) is 2.97. The van der Waals surface area contributed by atoms with Gasteiger partial charge in [0.15, 0.2) is 0 Å². The van der Waals surface area contributed by atoms with Crippen molar-refractivity contribution in [3.63, 3.8) is 0 Å².